The minimum atomic E-state index is 0.414. The van der Waals surface area contributed by atoms with Crippen LogP contribution in [-0.4, -0.2) is 38.4 Å². The van der Waals surface area contributed by atoms with Gasteiger partial charge in [0.15, 0.2) is 0 Å². The van der Waals surface area contributed by atoms with E-state index in [1.165, 1.54) is 5.69 Å². The molecule has 2 aromatic carbocycles. The Morgan fingerprint density at radius 3 is 2.59 bits per heavy atom. The van der Waals surface area contributed by atoms with Gasteiger partial charge in [-0.05, 0) is 29.8 Å². The van der Waals surface area contributed by atoms with Crippen LogP contribution in [-0.2, 0) is 4.74 Å². The number of thiophene rings is 1. The van der Waals surface area contributed by atoms with E-state index in [2.05, 4.69) is 45.5 Å². The zero-order valence-corrected chi connectivity index (χ0v) is 20.6. The number of rotatable bonds is 5. The standard InChI is InChI=1S/C25H20Cl2N4O2S/c1-32-22-11-20(18(26)10-19(22)27)30-24-16(13-28)14-29-21-12-23(34-25(21)24)15-2-4-17(5-3-15)31-6-8-33-9-7-31/h2-5,10-12,14H,6-9H2,1H3,(H,29,30). The highest BCUT2D eigenvalue weighted by Crippen LogP contribution is 2.42. The molecule has 1 aliphatic heterocycles. The number of nitrogens with one attached hydrogen (secondary N) is 1. The Kier molecular flexibility index (Phi) is 6.48. The van der Waals surface area contributed by atoms with Gasteiger partial charge in [-0.1, -0.05) is 35.3 Å². The number of nitriles is 1. The number of anilines is 3. The maximum Gasteiger partial charge on any atom is 0.139 e. The van der Waals surface area contributed by atoms with Crippen LogP contribution in [0, 0.1) is 11.3 Å². The Labute approximate surface area is 211 Å². The molecule has 1 N–H and O–H groups in total. The highest BCUT2D eigenvalue weighted by molar-refractivity contribution is 7.22. The van der Waals surface area contributed by atoms with Crippen molar-refractivity contribution in [2.75, 3.05) is 43.6 Å². The van der Waals surface area contributed by atoms with Gasteiger partial charge in [-0.2, -0.15) is 5.26 Å². The SMILES string of the molecule is COc1cc(Nc2c(C#N)cnc3cc(-c4ccc(N5CCOCC5)cc4)sc23)c(Cl)cc1Cl. The highest BCUT2D eigenvalue weighted by Gasteiger charge is 2.17. The third-order valence-electron chi connectivity index (χ3n) is 5.69. The van der Waals surface area contributed by atoms with Gasteiger partial charge in [-0.25, -0.2) is 0 Å². The summed E-state index contributed by atoms with van der Waals surface area (Å²) in [4.78, 5) is 7.90. The maximum atomic E-state index is 9.73. The summed E-state index contributed by atoms with van der Waals surface area (Å²) >= 11 is 14.2. The summed E-state index contributed by atoms with van der Waals surface area (Å²) < 4.78 is 11.6. The van der Waals surface area contributed by atoms with Crippen molar-refractivity contribution in [1.82, 2.24) is 4.98 Å². The molecule has 6 nitrogen and oxygen atoms in total. The van der Waals surface area contributed by atoms with Crippen LogP contribution in [0.3, 0.4) is 0 Å². The number of nitrogens with zero attached hydrogens (tertiary/aromatic N) is 3. The monoisotopic (exact) mass is 510 g/mol. The third-order valence-corrected chi connectivity index (χ3v) is 7.49. The van der Waals surface area contributed by atoms with Crippen molar-refractivity contribution in [1.29, 1.82) is 5.26 Å². The van der Waals surface area contributed by atoms with Crippen molar-refractivity contribution in [2.45, 2.75) is 0 Å². The Balaban J connectivity index is 1.52. The molecule has 172 valence electrons. The first-order chi connectivity index (χ1) is 16.6. The van der Waals surface area contributed by atoms with E-state index < -0.39 is 0 Å². The van der Waals surface area contributed by atoms with Crippen LogP contribution >= 0.6 is 34.5 Å². The molecule has 0 amide bonds. The molecule has 9 heteroatoms. The van der Waals surface area contributed by atoms with E-state index in [0.717, 1.165) is 47.0 Å². The van der Waals surface area contributed by atoms with Crippen LogP contribution in [0.25, 0.3) is 20.7 Å². The molecule has 5 rings (SSSR count). The number of aromatic nitrogens is 1. The van der Waals surface area contributed by atoms with Crippen LogP contribution in [0.2, 0.25) is 10.0 Å². The summed E-state index contributed by atoms with van der Waals surface area (Å²) in [7, 11) is 1.54. The fourth-order valence-electron chi connectivity index (χ4n) is 3.90. The number of fused-ring (bicyclic) bond motifs is 1. The second-order valence-corrected chi connectivity index (χ2v) is 9.59. The average Bonchev–Trinajstić information content (AvgIpc) is 3.31. The smallest absolute Gasteiger partial charge is 0.139 e. The van der Waals surface area contributed by atoms with Crippen molar-refractivity contribution in [3.8, 4) is 22.3 Å². The Bertz CT molecular complexity index is 1390. The predicted molar refractivity (Wildman–Crippen MR) is 139 cm³/mol. The number of halogens is 2. The van der Waals surface area contributed by atoms with Crippen LogP contribution in [0.1, 0.15) is 5.56 Å². The van der Waals surface area contributed by atoms with E-state index in [1.807, 2.05) is 6.07 Å². The van der Waals surface area contributed by atoms with E-state index in [1.54, 1.807) is 36.8 Å². The summed E-state index contributed by atoms with van der Waals surface area (Å²) in [5.74, 6) is 0.490. The van der Waals surface area contributed by atoms with Gasteiger partial charge in [0, 0.05) is 35.9 Å². The summed E-state index contributed by atoms with van der Waals surface area (Å²) in [6.45, 7) is 3.31. The Morgan fingerprint density at radius 2 is 1.88 bits per heavy atom. The van der Waals surface area contributed by atoms with Gasteiger partial charge in [-0.3, -0.25) is 4.98 Å². The zero-order valence-electron chi connectivity index (χ0n) is 18.3. The lowest BCUT2D eigenvalue weighted by Gasteiger charge is -2.28. The lowest BCUT2D eigenvalue weighted by molar-refractivity contribution is 0.122. The average molecular weight is 511 g/mol. The molecular weight excluding hydrogens is 491 g/mol. The normalized spacial score (nSPS) is 13.6. The van der Waals surface area contributed by atoms with Crippen molar-refractivity contribution < 1.29 is 9.47 Å². The van der Waals surface area contributed by atoms with Gasteiger partial charge in [0.1, 0.15) is 11.8 Å². The van der Waals surface area contributed by atoms with Crippen LogP contribution in [0.4, 0.5) is 17.1 Å². The number of morpholine rings is 1. The molecule has 0 saturated carbocycles. The first-order valence-electron chi connectivity index (χ1n) is 10.6. The minimum Gasteiger partial charge on any atom is -0.495 e. The molecule has 1 saturated heterocycles. The highest BCUT2D eigenvalue weighted by atomic mass is 35.5. The maximum absolute atomic E-state index is 9.73. The molecule has 0 spiro atoms. The molecule has 4 aromatic rings. The van der Waals surface area contributed by atoms with Crippen LogP contribution in [0.5, 0.6) is 5.75 Å². The molecule has 0 unspecified atom stereocenters. The lowest BCUT2D eigenvalue weighted by Crippen LogP contribution is -2.36. The quantitative estimate of drug-likeness (QED) is 0.320. The lowest BCUT2D eigenvalue weighted by atomic mass is 10.1. The van der Waals surface area contributed by atoms with Crippen molar-refractivity contribution in [3.63, 3.8) is 0 Å². The van der Waals surface area contributed by atoms with E-state index in [-0.39, 0.29) is 0 Å². The molecule has 2 aromatic heterocycles. The molecule has 3 heterocycles. The molecule has 1 aliphatic rings. The van der Waals surface area contributed by atoms with Gasteiger partial charge in [0.2, 0.25) is 0 Å². The van der Waals surface area contributed by atoms with Crippen molar-refractivity contribution in [2.24, 2.45) is 0 Å². The number of hydrogen-bond acceptors (Lipinski definition) is 7. The van der Waals surface area contributed by atoms with Crippen molar-refractivity contribution in [3.05, 3.63) is 64.3 Å². The summed E-state index contributed by atoms with van der Waals surface area (Å²) in [5.41, 5.74) is 4.75. The number of hydrogen-bond donors (Lipinski definition) is 1. The molecule has 0 bridgehead atoms. The van der Waals surface area contributed by atoms with Crippen molar-refractivity contribution >= 4 is 61.8 Å². The Morgan fingerprint density at radius 1 is 1.12 bits per heavy atom. The van der Waals surface area contributed by atoms with E-state index in [0.29, 0.717) is 32.7 Å². The number of benzene rings is 2. The third kappa shape index (κ3) is 4.38. The van der Waals surface area contributed by atoms with Crippen LogP contribution < -0.4 is 15.0 Å². The van der Waals surface area contributed by atoms with Gasteiger partial charge in [0.05, 0.1) is 57.5 Å². The van der Waals surface area contributed by atoms with Crippen LogP contribution in [0.15, 0.2) is 48.7 Å². The second kappa shape index (κ2) is 9.69. The zero-order chi connectivity index (χ0) is 23.7. The van der Waals surface area contributed by atoms with E-state index in [4.69, 9.17) is 32.7 Å². The first-order valence-corrected chi connectivity index (χ1v) is 12.2. The molecular formula is C25H20Cl2N4O2S. The second-order valence-electron chi connectivity index (χ2n) is 7.72. The van der Waals surface area contributed by atoms with Gasteiger partial charge in [-0.15, -0.1) is 11.3 Å². The molecule has 0 aliphatic carbocycles. The summed E-state index contributed by atoms with van der Waals surface area (Å²) in [6.07, 6.45) is 1.57. The predicted octanol–water partition coefficient (Wildman–Crippen LogP) is 6.73. The molecule has 34 heavy (non-hydrogen) atoms. The largest absolute Gasteiger partial charge is 0.495 e. The number of methoxy groups -OCH3 is 1. The summed E-state index contributed by atoms with van der Waals surface area (Å²) in [5, 5.41) is 13.9. The van der Waals surface area contributed by atoms with Gasteiger partial charge >= 0.3 is 0 Å². The fourth-order valence-corrected chi connectivity index (χ4v) is 5.53. The number of pyridine rings is 1. The fraction of sp³-hybridized carbons (Fsp3) is 0.200. The minimum absolute atomic E-state index is 0.414. The van der Waals surface area contributed by atoms with Gasteiger partial charge in [0.25, 0.3) is 0 Å². The molecule has 0 radical (unpaired) electrons. The molecule has 0 atom stereocenters. The Hall–Kier alpha value is -3.02. The number of ether oxygens (including phenoxy) is 2. The first kappa shape index (κ1) is 22.8. The van der Waals surface area contributed by atoms with E-state index in [9.17, 15) is 5.26 Å². The summed E-state index contributed by atoms with van der Waals surface area (Å²) in [6, 6.07) is 16.1. The molecule has 1 fully saturated rings. The topological polar surface area (TPSA) is 70.4 Å². The van der Waals surface area contributed by atoms with E-state index >= 15 is 0 Å². The van der Waals surface area contributed by atoms with Gasteiger partial charge < -0.3 is 19.7 Å².